The molecule has 0 aliphatic rings. The summed E-state index contributed by atoms with van der Waals surface area (Å²) in [4.78, 5) is 35.8. The van der Waals surface area contributed by atoms with Crippen LogP contribution >= 0.6 is 0 Å². The summed E-state index contributed by atoms with van der Waals surface area (Å²) < 4.78 is 23.5. The monoisotopic (exact) mass is 403 g/mol. The number of hydrogen-bond acceptors (Lipinski definition) is 5. The van der Waals surface area contributed by atoms with Crippen LogP contribution in [0.1, 0.15) is 24.2 Å². The molecule has 0 spiro atoms. The topological polar surface area (TPSA) is 106 Å². The number of benzene rings is 2. The summed E-state index contributed by atoms with van der Waals surface area (Å²) in [5, 5.41) is 2.44. The van der Waals surface area contributed by atoms with Crippen molar-refractivity contribution in [1.29, 1.82) is 0 Å². The van der Waals surface area contributed by atoms with Gasteiger partial charge in [-0.25, -0.2) is 4.39 Å². The molecule has 0 aromatic heterocycles. The Morgan fingerprint density at radius 2 is 1.59 bits per heavy atom. The van der Waals surface area contributed by atoms with E-state index in [9.17, 15) is 18.8 Å². The van der Waals surface area contributed by atoms with Crippen molar-refractivity contribution < 1.29 is 28.2 Å². The van der Waals surface area contributed by atoms with Gasteiger partial charge in [0.25, 0.3) is 17.7 Å². The lowest BCUT2D eigenvalue weighted by atomic mass is 10.2. The van der Waals surface area contributed by atoms with Gasteiger partial charge in [-0.15, -0.1) is 0 Å². The van der Waals surface area contributed by atoms with E-state index in [0.29, 0.717) is 23.7 Å². The lowest BCUT2D eigenvalue weighted by Gasteiger charge is -2.15. The van der Waals surface area contributed by atoms with E-state index in [2.05, 4.69) is 16.2 Å². The number of carbonyl (C=O) groups is 3. The molecule has 0 aliphatic heterocycles. The van der Waals surface area contributed by atoms with Gasteiger partial charge in [-0.3, -0.25) is 25.2 Å². The van der Waals surface area contributed by atoms with Crippen LogP contribution in [0.3, 0.4) is 0 Å². The number of rotatable bonds is 8. The maximum atomic E-state index is 12.9. The standard InChI is InChI=1S/C20H22FN3O5/c1-3-28-16-8-4-14(5-9-16)20(27)22-12-18(25)23-24-19(26)13(2)29-17-10-6-15(21)7-11-17/h4-11,13H,3,12H2,1-2H3,(H,22,27)(H,23,25)(H,24,26)/t13-/m1/s1. The van der Waals surface area contributed by atoms with Crippen LogP contribution < -0.4 is 25.6 Å². The number of carbonyl (C=O) groups excluding carboxylic acids is 3. The first kappa shape index (κ1) is 21.7. The number of amides is 3. The summed E-state index contributed by atoms with van der Waals surface area (Å²) in [6, 6.07) is 11.6. The summed E-state index contributed by atoms with van der Waals surface area (Å²) >= 11 is 0. The van der Waals surface area contributed by atoms with Crippen LogP contribution in [0.4, 0.5) is 4.39 Å². The third kappa shape index (κ3) is 7.13. The lowest BCUT2D eigenvalue weighted by molar-refractivity contribution is -0.132. The van der Waals surface area contributed by atoms with E-state index in [0.717, 1.165) is 0 Å². The van der Waals surface area contributed by atoms with E-state index in [-0.39, 0.29) is 6.54 Å². The molecule has 9 heteroatoms. The van der Waals surface area contributed by atoms with Gasteiger partial charge >= 0.3 is 0 Å². The quantitative estimate of drug-likeness (QED) is 0.580. The van der Waals surface area contributed by atoms with E-state index in [1.165, 1.54) is 31.2 Å². The first-order valence-electron chi connectivity index (χ1n) is 8.91. The van der Waals surface area contributed by atoms with E-state index < -0.39 is 29.6 Å². The van der Waals surface area contributed by atoms with E-state index in [1.807, 2.05) is 6.92 Å². The lowest BCUT2D eigenvalue weighted by Crippen LogP contribution is -2.50. The number of hydrazine groups is 1. The number of ether oxygens (including phenoxy) is 2. The van der Waals surface area contributed by atoms with Gasteiger partial charge < -0.3 is 14.8 Å². The van der Waals surface area contributed by atoms with Gasteiger partial charge in [-0.1, -0.05) is 0 Å². The molecule has 0 aliphatic carbocycles. The highest BCUT2D eigenvalue weighted by atomic mass is 19.1. The van der Waals surface area contributed by atoms with Crippen LogP contribution in [-0.2, 0) is 9.59 Å². The first-order valence-corrected chi connectivity index (χ1v) is 8.91. The zero-order valence-electron chi connectivity index (χ0n) is 16.0. The highest BCUT2D eigenvalue weighted by Crippen LogP contribution is 2.13. The molecule has 29 heavy (non-hydrogen) atoms. The second kappa shape index (κ2) is 10.6. The Morgan fingerprint density at radius 3 is 2.21 bits per heavy atom. The predicted molar refractivity (Wildman–Crippen MR) is 103 cm³/mol. The van der Waals surface area contributed by atoms with Gasteiger partial charge in [0.1, 0.15) is 17.3 Å². The third-order valence-electron chi connectivity index (χ3n) is 3.66. The molecule has 1 atom stereocenters. The van der Waals surface area contributed by atoms with Crippen LogP contribution in [0, 0.1) is 5.82 Å². The average Bonchev–Trinajstić information content (AvgIpc) is 2.72. The van der Waals surface area contributed by atoms with Gasteiger partial charge in [0, 0.05) is 5.56 Å². The normalized spacial score (nSPS) is 11.1. The van der Waals surface area contributed by atoms with Crippen molar-refractivity contribution in [2.45, 2.75) is 20.0 Å². The van der Waals surface area contributed by atoms with Crippen LogP contribution in [0.15, 0.2) is 48.5 Å². The van der Waals surface area contributed by atoms with Crippen LogP contribution in [0.25, 0.3) is 0 Å². The van der Waals surface area contributed by atoms with Gasteiger partial charge in [0.2, 0.25) is 0 Å². The minimum absolute atomic E-state index is 0.308. The largest absolute Gasteiger partial charge is 0.494 e. The Bertz CT molecular complexity index is 840. The van der Waals surface area contributed by atoms with Crippen molar-refractivity contribution >= 4 is 17.7 Å². The van der Waals surface area contributed by atoms with Crippen molar-refractivity contribution in [1.82, 2.24) is 16.2 Å². The fourth-order valence-corrected chi connectivity index (χ4v) is 2.18. The Kier molecular flexibility index (Phi) is 7.96. The highest BCUT2D eigenvalue weighted by Gasteiger charge is 2.16. The first-order chi connectivity index (χ1) is 13.9. The maximum Gasteiger partial charge on any atom is 0.279 e. The van der Waals surface area contributed by atoms with Gasteiger partial charge in [-0.05, 0) is 62.4 Å². The Hall–Kier alpha value is -3.62. The van der Waals surface area contributed by atoms with Crippen molar-refractivity contribution in [2.24, 2.45) is 0 Å². The summed E-state index contributed by atoms with van der Waals surface area (Å²) in [5.41, 5.74) is 4.74. The van der Waals surface area contributed by atoms with E-state index >= 15 is 0 Å². The second-order valence-corrected chi connectivity index (χ2v) is 5.89. The Morgan fingerprint density at radius 1 is 0.966 bits per heavy atom. The summed E-state index contributed by atoms with van der Waals surface area (Å²) in [7, 11) is 0. The van der Waals surface area contributed by atoms with Crippen LogP contribution in [0.2, 0.25) is 0 Å². The van der Waals surface area contributed by atoms with Crippen molar-refractivity contribution in [3.63, 3.8) is 0 Å². The zero-order valence-corrected chi connectivity index (χ0v) is 16.0. The molecule has 8 nitrogen and oxygen atoms in total. The molecule has 2 aromatic carbocycles. The van der Waals surface area contributed by atoms with E-state index in [1.54, 1.807) is 24.3 Å². The van der Waals surface area contributed by atoms with Gasteiger partial charge in [-0.2, -0.15) is 0 Å². The molecule has 0 unspecified atom stereocenters. The molecule has 3 N–H and O–H groups in total. The zero-order chi connectivity index (χ0) is 21.2. The second-order valence-electron chi connectivity index (χ2n) is 5.89. The smallest absolute Gasteiger partial charge is 0.279 e. The molecule has 0 bridgehead atoms. The molecule has 154 valence electrons. The maximum absolute atomic E-state index is 12.9. The number of nitrogens with one attached hydrogen (secondary N) is 3. The molecule has 0 saturated carbocycles. The van der Waals surface area contributed by atoms with Crippen molar-refractivity contribution in [3.05, 3.63) is 59.9 Å². The molecule has 0 saturated heterocycles. The summed E-state index contributed by atoms with van der Waals surface area (Å²) in [5.74, 6) is -1.15. The number of halogens is 1. The van der Waals surface area contributed by atoms with Crippen molar-refractivity contribution in [2.75, 3.05) is 13.2 Å². The predicted octanol–water partition coefficient (Wildman–Crippen LogP) is 1.57. The fourth-order valence-electron chi connectivity index (χ4n) is 2.18. The SMILES string of the molecule is CCOc1ccc(C(=O)NCC(=O)NNC(=O)[C@@H](C)Oc2ccc(F)cc2)cc1. The van der Waals surface area contributed by atoms with Crippen LogP contribution in [0.5, 0.6) is 11.5 Å². The molecule has 2 rings (SSSR count). The van der Waals surface area contributed by atoms with Crippen molar-refractivity contribution in [3.8, 4) is 11.5 Å². The number of hydrogen-bond donors (Lipinski definition) is 3. The van der Waals surface area contributed by atoms with E-state index in [4.69, 9.17) is 9.47 Å². The molecular weight excluding hydrogens is 381 g/mol. The minimum Gasteiger partial charge on any atom is -0.494 e. The average molecular weight is 403 g/mol. The summed E-state index contributed by atoms with van der Waals surface area (Å²) in [6.45, 7) is 3.51. The summed E-state index contributed by atoms with van der Waals surface area (Å²) in [6.07, 6.45) is -0.931. The third-order valence-corrected chi connectivity index (χ3v) is 3.66. The highest BCUT2D eigenvalue weighted by molar-refractivity contribution is 5.96. The molecule has 3 amide bonds. The molecule has 2 aromatic rings. The molecule has 0 heterocycles. The molecular formula is C20H22FN3O5. The molecule has 0 fully saturated rings. The Balaban J connectivity index is 1.72. The van der Waals surface area contributed by atoms with Crippen LogP contribution in [-0.4, -0.2) is 37.0 Å². The van der Waals surface area contributed by atoms with Gasteiger partial charge in [0.05, 0.1) is 13.2 Å². The van der Waals surface area contributed by atoms with Gasteiger partial charge in [0.15, 0.2) is 6.10 Å². The molecule has 0 radical (unpaired) electrons. The Labute approximate surface area is 167 Å². The fraction of sp³-hybridized carbons (Fsp3) is 0.250. The minimum atomic E-state index is -0.931.